The summed E-state index contributed by atoms with van der Waals surface area (Å²) in [4.78, 5) is 51.4. The van der Waals surface area contributed by atoms with Crippen molar-refractivity contribution in [1.82, 2.24) is 14.5 Å². The van der Waals surface area contributed by atoms with Crippen LogP contribution in [0.25, 0.3) is 10.9 Å². The lowest BCUT2D eigenvalue weighted by Gasteiger charge is -2.14. The molecule has 4 rings (SSSR count). The third-order valence-corrected chi connectivity index (χ3v) is 6.42. The van der Waals surface area contributed by atoms with Gasteiger partial charge in [0.25, 0.3) is 5.56 Å². The maximum absolute atomic E-state index is 13.3. The first-order valence-corrected chi connectivity index (χ1v) is 12.7. The van der Waals surface area contributed by atoms with E-state index in [9.17, 15) is 19.2 Å². The summed E-state index contributed by atoms with van der Waals surface area (Å²) in [6, 6.07) is 22.2. The molecule has 0 aliphatic heterocycles. The van der Waals surface area contributed by atoms with Crippen molar-refractivity contribution in [2.75, 3.05) is 5.32 Å². The Labute approximate surface area is 220 Å². The zero-order chi connectivity index (χ0) is 27.1. The van der Waals surface area contributed by atoms with Crippen molar-refractivity contribution < 1.29 is 9.59 Å². The van der Waals surface area contributed by atoms with Crippen LogP contribution < -0.4 is 21.9 Å². The number of hydrogen-bond donors (Lipinski definition) is 2. The van der Waals surface area contributed by atoms with Crippen molar-refractivity contribution in [2.24, 2.45) is 0 Å². The quantitative estimate of drug-likeness (QED) is 0.315. The van der Waals surface area contributed by atoms with Crippen LogP contribution in [0.15, 0.2) is 82.4 Å². The van der Waals surface area contributed by atoms with Gasteiger partial charge < -0.3 is 10.6 Å². The maximum atomic E-state index is 13.3. The van der Waals surface area contributed by atoms with E-state index in [2.05, 4.69) is 10.6 Å². The number of aryl methyl sites for hydroxylation is 2. The molecule has 0 aliphatic rings. The van der Waals surface area contributed by atoms with Crippen LogP contribution >= 0.6 is 0 Å². The number of rotatable bonds is 10. The molecule has 2 N–H and O–H groups in total. The zero-order valence-electron chi connectivity index (χ0n) is 21.7. The number of aromatic nitrogens is 2. The van der Waals surface area contributed by atoms with E-state index in [1.165, 1.54) is 4.57 Å². The van der Waals surface area contributed by atoms with Gasteiger partial charge in [-0.25, -0.2) is 4.79 Å². The van der Waals surface area contributed by atoms with Crippen LogP contribution in [0.3, 0.4) is 0 Å². The highest BCUT2D eigenvalue weighted by Crippen LogP contribution is 2.11. The molecular formula is C30H32N4O4. The predicted molar refractivity (Wildman–Crippen MR) is 149 cm³/mol. The molecule has 1 aromatic heterocycles. The average molecular weight is 513 g/mol. The molecule has 0 radical (unpaired) electrons. The molecule has 0 atom stereocenters. The van der Waals surface area contributed by atoms with E-state index in [1.807, 2.05) is 62.4 Å². The number of para-hydroxylation sites is 1. The van der Waals surface area contributed by atoms with Gasteiger partial charge in [0, 0.05) is 25.2 Å². The van der Waals surface area contributed by atoms with E-state index in [1.54, 1.807) is 24.3 Å². The number of carbonyl (C=O) groups is 2. The van der Waals surface area contributed by atoms with E-state index in [4.69, 9.17) is 0 Å². The van der Waals surface area contributed by atoms with E-state index >= 15 is 0 Å². The Hall–Kier alpha value is -4.46. The van der Waals surface area contributed by atoms with Crippen molar-refractivity contribution in [2.45, 2.75) is 52.7 Å². The molecular weight excluding hydrogens is 480 g/mol. The Bertz CT molecular complexity index is 1550. The highest BCUT2D eigenvalue weighted by molar-refractivity contribution is 5.90. The predicted octanol–water partition coefficient (Wildman–Crippen LogP) is 3.91. The smallest absolute Gasteiger partial charge is 0.331 e. The number of benzene rings is 3. The molecule has 1 heterocycles. The molecule has 38 heavy (non-hydrogen) atoms. The summed E-state index contributed by atoms with van der Waals surface area (Å²) in [6.07, 6.45) is 1.24. The minimum absolute atomic E-state index is 0.123. The number of unbranched alkanes of at least 4 members (excludes halogenated alkanes) is 1. The first-order chi connectivity index (χ1) is 18.3. The first-order valence-electron chi connectivity index (χ1n) is 12.7. The van der Waals surface area contributed by atoms with Gasteiger partial charge in [0.1, 0.15) is 6.54 Å². The van der Waals surface area contributed by atoms with Crippen molar-refractivity contribution in [3.05, 3.63) is 110 Å². The number of anilines is 1. The summed E-state index contributed by atoms with van der Waals surface area (Å²) in [6.45, 7) is 4.27. The van der Waals surface area contributed by atoms with Gasteiger partial charge in [-0.3, -0.25) is 23.5 Å². The lowest BCUT2D eigenvalue weighted by atomic mass is 10.1. The van der Waals surface area contributed by atoms with Gasteiger partial charge in [-0.2, -0.15) is 0 Å². The number of nitrogens with one attached hydrogen (secondary N) is 2. The minimum Gasteiger partial charge on any atom is -0.350 e. The van der Waals surface area contributed by atoms with Gasteiger partial charge in [-0.05, 0) is 56.5 Å². The van der Waals surface area contributed by atoms with Crippen LogP contribution in [-0.4, -0.2) is 20.9 Å². The summed E-state index contributed by atoms with van der Waals surface area (Å²) < 4.78 is 2.50. The summed E-state index contributed by atoms with van der Waals surface area (Å²) in [7, 11) is 0. The number of fused-ring (bicyclic) bond motifs is 1. The molecule has 0 bridgehead atoms. The van der Waals surface area contributed by atoms with Crippen molar-refractivity contribution in [1.29, 1.82) is 0 Å². The second kappa shape index (κ2) is 12.2. The second-order valence-corrected chi connectivity index (χ2v) is 9.48. The van der Waals surface area contributed by atoms with Crippen LogP contribution in [0.2, 0.25) is 0 Å². The second-order valence-electron chi connectivity index (χ2n) is 9.48. The summed E-state index contributed by atoms with van der Waals surface area (Å²) in [5.74, 6) is -0.446. The summed E-state index contributed by atoms with van der Waals surface area (Å²) in [5, 5.41) is 6.08. The van der Waals surface area contributed by atoms with Gasteiger partial charge >= 0.3 is 5.69 Å². The molecule has 2 amide bonds. The molecule has 0 unspecified atom stereocenters. The molecule has 4 aromatic rings. The molecule has 0 fully saturated rings. The fourth-order valence-corrected chi connectivity index (χ4v) is 4.24. The highest BCUT2D eigenvalue weighted by Gasteiger charge is 2.15. The Morgan fingerprint density at radius 1 is 0.763 bits per heavy atom. The first kappa shape index (κ1) is 26.6. The zero-order valence-corrected chi connectivity index (χ0v) is 21.7. The minimum atomic E-state index is -0.539. The van der Waals surface area contributed by atoms with Crippen LogP contribution in [0.4, 0.5) is 5.69 Å². The van der Waals surface area contributed by atoms with Crippen molar-refractivity contribution in [3.63, 3.8) is 0 Å². The Kier molecular flexibility index (Phi) is 8.53. The Morgan fingerprint density at radius 3 is 2.13 bits per heavy atom. The largest absolute Gasteiger partial charge is 0.350 e. The van der Waals surface area contributed by atoms with E-state index in [0.29, 0.717) is 30.3 Å². The highest BCUT2D eigenvalue weighted by atomic mass is 16.2. The summed E-state index contributed by atoms with van der Waals surface area (Å²) >= 11 is 0. The van der Waals surface area contributed by atoms with E-state index in [0.717, 1.165) is 26.9 Å². The number of amides is 2. The Morgan fingerprint density at radius 2 is 1.42 bits per heavy atom. The van der Waals surface area contributed by atoms with E-state index < -0.39 is 11.2 Å². The van der Waals surface area contributed by atoms with Crippen LogP contribution in [0.1, 0.15) is 36.0 Å². The lowest BCUT2D eigenvalue weighted by Crippen LogP contribution is -2.42. The molecule has 0 saturated heterocycles. The molecule has 196 valence electrons. The Balaban J connectivity index is 1.43. The van der Waals surface area contributed by atoms with Crippen LogP contribution in [-0.2, 0) is 29.2 Å². The molecule has 8 heteroatoms. The fourth-order valence-electron chi connectivity index (χ4n) is 4.24. The topological polar surface area (TPSA) is 102 Å². The number of carbonyl (C=O) groups excluding carboxylic acids is 2. The third-order valence-electron chi connectivity index (χ3n) is 6.42. The van der Waals surface area contributed by atoms with E-state index in [-0.39, 0.29) is 31.3 Å². The third kappa shape index (κ3) is 6.64. The number of hydrogen-bond acceptors (Lipinski definition) is 4. The monoisotopic (exact) mass is 512 g/mol. The van der Waals surface area contributed by atoms with Gasteiger partial charge in [0.05, 0.1) is 10.9 Å². The fraction of sp³-hybridized carbons (Fsp3) is 0.267. The molecule has 0 spiro atoms. The maximum Gasteiger partial charge on any atom is 0.331 e. The SMILES string of the molecule is Cc1ccc(CNC(=O)Cn2c(=O)n(CCCCC(=O)Nc3ccc(C)cc3)c(=O)c3ccccc32)cc1. The van der Waals surface area contributed by atoms with Gasteiger partial charge in [-0.1, -0.05) is 59.7 Å². The normalized spacial score (nSPS) is 10.9. The molecule has 8 nitrogen and oxygen atoms in total. The van der Waals surface area contributed by atoms with Crippen molar-refractivity contribution >= 4 is 28.4 Å². The van der Waals surface area contributed by atoms with Crippen molar-refractivity contribution in [3.8, 4) is 0 Å². The lowest BCUT2D eigenvalue weighted by molar-refractivity contribution is -0.122. The molecule has 3 aromatic carbocycles. The standard InChI is InChI=1S/C30H32N4O4/c1-21-10-14-23(15-11-21)19-31-28(36)20-34-26-8-4-3-7-25(26)29(37)33(30(34)38)18-6-5-9-27(35)32-24-16-12-22(2)13-17-24/h3-4,7-8,10-17H,5-6,9,18-20H2,1-2H3,(H,31,36)(H,32,35). The molecule has 0 saturated carbocycles. The van der Waals surface area contributed by atoms with Crippen LogP contribution in [0.5, 0.6) is 0 Å². The average Bonchev–Trinajstić information content (AvgIpc) is 2.91. The summed E-state index contributed by atoms with van der Waals surface area (Å²) in [5.41, 5.74) is 3.41. The van der Waals surface area contributed by atoms with Gasteiger partial charge in [0.15, 0.2) is 0 Å². The number of nitrogens with zero attached hydrogens (tertiary/aromatic N) is 2. The van der Waals surface area contributed by atoms with Crippen LogP contribution in [0, 0.1) is 13.8 Å². The molecule has 0 aliphatic carbocycles. The van der Waals surface area contributed by atoms with Gasteiger partial charge in [0.2, 0.25) is 11.8 Å². The van der Waals surface area contributed by atoms with Gasteiger partial charge in [-0.15, -0.1) is 0 Å².